The molecule has 0 bridgehead atoms. The van der Waals surface area contributed by atoms with E-state index in [0.717, 1.165) is 52.9 Å². The summed E-state index contributed by atoms with van der Waals surface area (Å²) in [5.74, 6) is 1.21. The molecule has 0 saturated carbocycles. The van der Waals surface area contributed by atoms with Crippen LogP contribution in [0.25, 0.3) is 22.2 Å². The number of aromatic nitrogens is 3. The molecule has 32 heavy (non-hydrogen) atoms. The molecule has 2 aromatic heterocycles. The molecule has 2 heterocycles. The maximum absolute atomic E-state index is 13.3. The van der Waals surface area contributed by atoms with E-state index in [4.69, 9.17) is 9.47 Å². The van der Waals surface area contributed by atoms with E-state index < -0.39 is 0 Å². The third kappa shape index (κ3) is 2.74. The molecular formula is C25H24N4O3. The molecule has 0 unspecified atom stereocenters. The fraction of sp³-hybridized carbons (Fsp3) is 0.280. The van der Waals surface area contributed by atoms with Gasteiger partial charge in [0.1, 0.15) is 5.69 Å². The van der Waals surface area contributed by atoms with Gasteiger partial charge in [-0.15, -0.1) is 0 Å². The number of fused-ring (bicyclic) bond motifs is 6. The Labute approximate surface area is 185 Å². The number of aromatic amines is 2. The number of nitrogens with zero attached hydrogens (tertiary/aromatic N) is 1. The summed E-state index contributed by atoms with van der Waals surface area (Å²) in [6.45, 7) is 0. The Morgan fingerprint density at radius 3 is 2.78 bits per heavy atom. The highest BCUT2D eigenvalue weighted by atomic mass is 16.5. The zero-order chi connectivity index (χ0) is 21.8. The Balaban J connectivity index is 1.31. The van der Waals surface area contributed by atoms with Gasteiger partial charge in [0.2, 0.25) is 0 Å². The van der Waals surface area contributed by atoms with Gasteiger partial charge in [0.15, 0.2) is 11.5 Å². The van der Waals surface area contributed by atoms with E-state index >= 15 is 0 Å². The molecule has 0 fully saturated rings. The van der Waals surface area contributed by atoms with Crippen molar-refractivity contribution in [1.82, 2.24) is 20.5 Å². The van der Waals surface area contributed by atoms with Gasteiger partial charge in [-0.25, -0.2) is 0 Å². The lowest BCUT2D eigenvalue weighted by atomic mass is 9.91. The molecule has 4 aromatic rings. The summed E-state index contributed by atoms with van der Waals surface area (Å²) < 4.78 is 10.9. The number of hydrogen-bond donors (Lipinski definition) is 3. The van der Waals surface area contributed by atoms with E-state index in [0.29, 0.717) is 23.6 Å². The summed E-state index contributed by atoms with van der Waals surface area (Å²) in [6, 6.07) is 12.2. The zero-order valence-corrected chi connectivity index (χ0v) is 18.0. The summed E-state index contributed by atoms with van der Waals surface area (Å²) >= 11 is 0. The predicted octanol–water partition coefficient (Wildman–Crippen LogP) is 4.29. The van der Waals surface area contributed by atoms with Crippen LogP contribution in [0.4, 0.5) is 0 Å². The number of H-pyrrole nitrogens is 2. The summed E-state index contributed by atoms with van der Waals surface area (Å²) in [5, 5.41) is 12.0. The second kappa shape index (κ2) is 7.15. The number of carbonyl (C=O) groups is 1. The van der Waals surface area contributed by atoms with Crippen molar-refractivity contribution in [3.05, 3.63) is 64.5 Å². The van der Waals surface area contributed by atoms with Gasteiger partial charge in [0.05, 0.1) is 26.0 Å². The van der Waals surface area contributed by atoms with Gasteiger partial charge in [-0.1, -0.05) is 18.2 Å². The van der Waals surface area contributed by atoms with Crippen LogP contribution in [-0.2, 0) is 12.8 Å². The van der Waals surface area contributed by atoms with Crippen molar-refractivity contribution in [2.24, 2.45) is 0 Å². The lowest BCUT2D eigenvalue weighted by molar-refractivity contribution is 0.0926. The van der Waals surface area contributed by atoms with Crippen molar-refractivity contribution in [2.45, 2.75) is 31.7 Å². The molecule has 6 rings (SSSR count). The Morgan fingerprint density at radius 2 is 1.94 bits per heavy atom. The standard InChI is InChI=1S/C25H24N4O3/c1-31-20-11-13-10-17-22(16(13)12-21(20)32-2)28-29-24(17)25(30)27-19-9-5-7-15-14-6-3-4-8-18(14)26-23(15)19/h3-4,6,8,11-12,19,26H,5,7,9-10H2,1-2H3,(H,27,30)(H,28,29)/t19-/m0/s1. The summed E-state index contributed by atoms with van der Waals surface area (Å²) in [4.78, 5) is 16.9. The molecule has 0 saturated heterocycles. The molecule has 7 heteroatoms. The highest BCUT2D eigenvalue weighted by Crippen LogP contribution is 2.43. The van der Waals surface area contributed by atoms with Crippen molar-refractivity contribution in [2.75, 3.05) is 14.2 Å². The van der Waals surface area contributed by atoms with Gasteiger partial charge in [0, 0.05) is 34.1 Å². The number of aryl methyl sites for hydroxylation is 1. The topological polar surface area (TPSA) is 92.0 Å². The van der Waals surface area contributed by atoms with Crippen LogP contribution in [0.2, 0.25) is 0 Å². The average Bonchev–Trinajstić information content (AvgIpc) is 3.50. The fourth-order valence-corrected chi connectivity index (χ4v) is 5.22. The smallest absolute Gasteiger partial charge is 0.270 e. The molecule has 0 radical (unpaired) electrons. The number of amides is 1. The molecule has 2 aliphatic rings. The van der Waals surface area contributed by atoms with Crippen LogP contribution >= 0.6 is 0 Å². The Hall–Kier alpha value is -3.74. The van der Waals surface area contributed by atoms with Gasteiger partial charge in [-0.3, -0.25) is 9.89 Å². The van der Waals surface area contributed by atoms with Gasteiger partial charge < -0.3 is 19.8 Å². The molecule has 0 aliphatic heterocycles. The van der Waals surface area contributed by atoms with Crippen LogP contribution in [-0.4, -0.2) is 35.3 Å². The van der Waals surface area contributed by atoms with E-state index in [-0.39, 0.29) is 11.9 Å². The number of hydrogen-bond acceptors (Lipinski definition) is 4. The Morgan fingerprint density at radius 1 is 1.12 bits per heavy atom. The minimum atomic E-state index is -0.123. The minimum Gasteiger partial charge on any atom is -0.493 e. The van der Waals surface area contributed by atoms with Gasteiger partial charge in [-0.05, 0) is 48.6 Å². The van der Waals surface area contributed by atoms with Crippen molar-refractivity contribution in [1.29, 1.82) is 0 Å². The van der Waals surface area contributed by atoms with Gasteiger partial charge in [-0.2, -0.15) is 5.10 Å². The molecule has 3 N–H and O–H groups in total. The molecular weight excluding hydrogens is 404 g/mol. The second-order valence-electron chi connectivity index (χ2n) is 8.45. The summed E-state index contributed by atoms with van der Waals surface area (Å²) in [5.41, 5.74) is 7.87. The van der Waals surface area contributed by atoms with Gasteiger partial charge in [0.25, 0.3) is 5.91 Å². The molecule has 162 valence electrons. The van der Waals surface area contributed by atoms with Gasteiger partial charge >= 0.3 is 0 Å². The highest BCUT2D eigenvalue weighted by Gasteiger charge is 2.31. The molecule has 2 aliphatic carbocycles. The third-order valence-electron chi connectivity index (χ3n) is 6.75. The van der Waals surface area contributed by atoms with Crippen molar-refractivity contribution < 1.29 is 14.3 Å². The number of para-hydroxylation sites is 1. The first-order valence-corrected chi connectivity index (χ1v) is 10.9. The van der Waals surface area contributed by atoms with Crippen LogP contribution in [0.3, 0.4) is 0 Å². The first-order valence-electron chi connectivity index (χ1n) is 10.9. The highest BCUT2D eigenvalue weighted by molar-refractivity contribution is 5.97. The Kier molecular flexibility index (Phi) is 4.24. The molecule has 2 aromatic carbocycles. The van der Waals surface area contributed by atoms with E-state index in [2.05, 4.69) is 38.7 Å². The first-order chi connectivity index (χ1) is 15.7. The largest absolute Gasteiger partial charge is 0.493 e. The minimum absolute atomic E-state index is 0.0402. The lowest BCUT2D eigenvalue weighted by Gasteiger charge is -2.23. The molecule has 1 amide bonds. The number of rotatable bonds is 4. The number of carbonyl (C=O) groups excluding carboxylic acids is 1. The fourth-order valence-electron chi connectivity index (χ4n) is 5.22. The van der Waals surface area contributed by atoms with Crippen molar-refractivity contribution in [3.8, 4) is 22.8 Å². The Bertz CT molecular complexity index is 1370. The first kappa shape index (κ1) is 19.0. The average molecular weight is 428 g/mol. The third-order valence-corrected chi connectivity index (χ3v) is 6.75. The zero-order valence-electron chi connectivity index (χ0n) is 18.0. The molecule has 0 spiro atoms. The number of ether oxygens (including phenoxy) is 2. The van der Waals surface area contributed by atoms with Crippen LogP contribution < -0.4 is 14.8 Å². The van der Waals surface area contributed by atoms with Crippen LogP contribution in [0.15, 0.2) is 36.4 Å². The SMILES string of the molecule is COc1cc2c(cc1OC)-c1n[nH]c(C(=O)N[C@H]3CCCc4c3[nH]c3ccccc43)c1C2. The predicted molar refractivity (Wildman–Crippen MR) is 121 cm³/mol. The van der Waals surface area contributed by atoms with Crippen LogP contribution in [0.1, 0.15) is 51.8 Å². The van der Waals surface area contributed by atoms with E-state index in [9.17, 15) is 4.79 Å². The van der Waals surface area contributed by atoms with Crippen LogP contribution in [0, 0.1) is 0 Å². The van der Waals surface area contributed by atoms with Crippen molar-refractivity contribution >= 4 is 16.8 Å². The normalized spacial score (nSPS) is 16.4. The second-order valence-corrected chi connectivity index (χ2v) is 8.45. The van der Waals surface area contributed by atoms with Crippen molar-refractivity contribution in [3.63, 3.8) is 0 Å². The lowest BCUT2D eigenvalue weighted by Crippen LogP contribution is -2.31. The number of methoxy groups -OCH3 is 2. The summed E-state index contributed by atoms with van der Waals surface area (Å²) in [6.07, 6.45) is 3.62. The number of benzene rings is 2. The monoisotopic (exact) mass is 428 g/mol. The maximum atomic E-state index is 13.3. The van der Waals surface area contributed by atoms with E-state index in [1.807, 2.05) is 18.2 Å². The molecule has 7 nitrogen and oxygen atoms in total. The maximum Gasteiger partial charge on any atom is 0.270 e. The number of nitrogens with one attached hydrogen (secondary N) is 3. The van der Waals surface area contributed by atoms with E-state index in [1.165, 1.54) is 10.9 Å². The quantitative estimate of drug-likeness (QED) is 0.398. The van der Waals surface area contributed by atoms with Crippen LogP contribution in [0.5, 0.6) is 11.5 Å². The molecule has 1 atom stereocenters. The summed E-state index contributed by atoms with van der Waals surface area (Å²) in [7, 11) is 3.24. The van der Waals surface area contributed by atoms with E-state index in [1.54, 1.807) is 14.2 Å².